The number of hydrogen-bond acceptors (Lipinski definition) is 2. The largest absolute Gasteiger partial charge is 0.496 e. The number of fused-ring (bicyclic) bond motifs is 1. The maximum absolute atomic E-state index is 11.8. The van der Waals surface area contributed by atoms with Crippen LogP contribution in [0, 0.1) is 12.8 Å². The van der Waals surface area contributed by atoms with Crippen LogP contribution >= 0.6 is 0 Å². The maximum Gasteiger partial charge on any atom is 0.170 e. The van der Waals surface area contributed by atoms with E-state index in [4.69, 9.17) is 4.74 Å². The summed E-state index contributed by atoms with van der Waals surface area (Å²) in [6.07, 6.45) is 0.858. The maximum atomic E-state index is 11.8. The average molecular weight is 190 g/mol. The van der Waals surface area contributed by atoms with Crippen LogP contribution in [0.5, 0.6) is 5.75 Å². The van der Waals surface area contributed by atoms with Gasteiger partial charge in [-0.2, -0.15) is 0 Å². The van der Waals surface area contributed by atoms with E-state index in [0.717, 1.165) is 17.7 Å². The molecule has 0 fully saturated rings. The first kappa shape index (κ1) is 9.25. The van der Waals surface area contributed by atoms with E-state index >= 15 is 0 Å². The van der Waals surface area contributed by atoms with Crippen molar-refractivity contribution in [1.82, 2.24) is 0 Å². The van der Waals surface area contributed by atoms with Gasteiger partial charge in [0.2, 0.25) is 0 Å². The molecule has 14 heavy (non-hydrogen) atoms. The van der Waals surface area contributed by atoms with Crippen LogP contribution < -0.4 is 4.74 Å². The third kappa shape index (κ3) is 1.14. The fourth-order valence-electron chi connectivity index (χ4n) is 2.08. The fourth-order valence-corrected chi connectivity index (χ4v) is 2.08. The molecule has 1 aromatic carbocycles. The summed E-state index contributed by atoms with van der Waals surface area (Å²) >= 11 is 0. The summed E-state index contributed by atoms with van der Waals surface area (Å²) in [5, 5.41) is 0. The Hall–Kier alpha value is -1.31. The van der Waals surface area contributed by atoms with E-state index in [9.17, 15) is 4.79 Å². The molecule has 0 saturated carbocycles. The molecule has 1 aliphatic rings. The van der Waals surface area contributed by atoms with Gasteiger partial charge in [0.1, 0.15) is 5.75 Å². The lowest BCUT2D eigenvalue weighted by Gasteiger charge is -2.07. The van der Waals surface area contributed by atoms with Crippen molar-refractivity contribution in [2.45, 2.75) is 20.3 Å². The van der Waals surface area contributed by atoms with E-state index in [1.165, 1.54) is 11.1 Å². The van der Waals surface area contributed by atoms with Crippen LogP contribution in [0.3, 0.4) is 0 Å². The Morgan fingerprint density at radius 1 is 1.43 bits per heavy atom. The van der Waals surface area contributed by atoms with E-state index < -0.39 is 0 Å². The van der Waals surface area contributed by atoms with Crippen molar-refractivity contribution in [2.24, 2.45) is 5.92 Å². The van der Waals surface area contributed by atoms with Crippen molar-refractivity contribution in [1.29, 1.82) is 0 Å². The molecule has 0 bridgehead atoms. The van der Waals surface area contributed by atoms with Crippen LogP contribution in [0.1, 0.15) is 28.4 Å². The molecule has 0 radical (unpaired) electrons. The second-order valence-corrected chi connectivity index (χ2v) is 3.91. The van der Waals surface area contributed by atoms with Gasteiger partial charge >= 0.3 is 0 Å². The number of rotatable bonds is 1. The standard InChI is InChI=1S/C12H14O2/c1-7-4-5-10(14-3)11-9(7)6-8(2)12(11)13/h4-5,8H,6H2,1-3H3. The molecule has 0 amide bonds. The monoisotopic (exact) mass is 190 g/mol. The van der Waals surface area contributed by atoms with Crippen LogP contribution in [-0.2, 0) is 6.42 Å². The Kier molecular flexibility index (Phi) is 2.06. The third-order valence-electron chi connectivity index (χ3n) is 2.93. The van der Waals surface area contributed by atoms with Gasteiger partial charge in [-0.25, -0.2) is 0 Å². The summed E-state index contributed by atoms with van der Waals surface area (Å²) in [5.41, 5.74) is 3.17. The van der Waals surface area contributed by atoms with E-state index in [0.29, 0.717) is 0 Å². The Morgan fingerprint density at radius 2 is 2.14 bits per heavy atom. The predicted octanol–water partition coefficient (Wildman–Crippen LogP) is 2.38. The van der Waals surface area contributed by atoms with Gasteiger partial charge in [-0.05, 0) is 30.5 Å². The minimum Gasteiger partial charge on any atom is -0.496 e. The Morgan fingerprint density at radius 3 is 2.79 bits per heavy atom. The van der Waals surface area contributed by atoms with Crippen molar-refractivity contribution in [3.8, 4) is 5.75 Å². The van der Waals surface area contributed by atoms with Crippen molar-refractivity contribution in [3.63, 3.8) is 0 Å². The Bertz CT molecular complexity index is 394. The third-order valence-corrected chi connectivity index (χ3v) is 2.93. The highest BCUT2D eigenvalue weighted by Gasteiger charge is 2.31. The van der Waals surface area contributed by atoms with E-state index in [1.54, 1.807) is 7.11 Å². The lowest BCUT2D eigenvalue weighted by molar-refractivity contribution is 0.0944. The molecule has 1 aliphatic carbocycles. The van der Waals surface area contributed by atoms with Crippen molar-refractivity contribution < 1.29 is 9.53 Å². The molecule has 74 valence electrons. The molecule has 2 rings (SSSR count). The number of Topliss-reactive ketones (excluding diaryl/α,β-unsaturated/α-hetero) is 1. The van der Waals surface area contributed by atoms with E-state index in [-0.39, 0.29) is 11.7 Å². The smallest absolute Gasteiger partial charge is 0.170 e. The van der Waals surface area contributed by atoms with Gasteiger partial charge in [-0.1, -0.05) is 13.0 Å². The zero-order valence-electron chi connectivity index (χ0n) is 8.76. The number of ketones is 1. The molecule has 0 spiro atoms. The number of benzene rings is 1. The highest BCUT2D eigenvalue weighted by Crippen LogP contribution is 2.35. The minimum absolute atomic E-state index is 0.111. The average Bonchev–Trinajstić information content (AvgIpc) is 2.47. The van der Waals surface area contributed by atoms with E-state index in [2.05, 4.69) is 0 Å². The fraction of sp³-hybridized carbons (Fsp3) is 0.417. The van der Waals surface area contributed by atoms with Crippen LogP contribution in [-0.4, -0.2) is 12.9 Å². The van der Waals surface area contributed by atoms with Gasteiger partial charge in [0, 0.05) is 5.92 Å². The molecule has 1 aromatic rings. The van der Waals surface area contributed by atoms with Crippen molar-refractivity contribution >= 4 is 5.78 Å². The summed E-state index contributed by atoms with van der Waals surface area (Å²) in [7, 11) is 1.61. The van der Waals surface area contributed by atoms with Gasteiger partial charge in [0.15, 0.2) is 5.78 Å². The second kappa shape index (κ2) is 3.12. The number of carbonyl (C=O) groups excluding carboxylic acids is 1. The van der Waals surface area contributed by atoms with Gasteiger partial charge in [0.05, 0.1) is 12.7 Å². The molecule has 1 atom stereocenters. The topological polar surface area (TPSA) is 26.3 Å². The van der Waals surface area contributed by atoms with Crippen molar-refractivity contribution in [2.75, 3.05) is 7.11 Å². The summed E-state index contributed by atoms with van der Waals surface area (Å²) in [6.45, 7) is 4.02. The van der Waals surface area contributed by atoms with Crippen LogP contribution in [0.2, 0.25) is 0 Å². The Balaban J connectivity index is 2.65. The number of carbonyl (C=O) groups is 1. The molecule has 2 heteroatoms. The molecular weight excluding hydrogens is 176 g/mol. The lowest BCUT2D eigenvalue weighted by atomic mass is 10.0. The molecule has 0 aromatic heterocycles. The number of methoxy groups -OCH3 is 1. The predicted molar refractivity (Wildman–Crippen MR) is 54.9 cm³/mol. The lowest BCUT2D eigenvalue weighted by Crippen LogP contribution is -2.04. The number of ether oxygens (including phenoxy) is 1. The summed E-state index contributed by atoms with van der Waals surface area (Å²) < 4.78 is 5.21. The highest BCUT2D eigenvalue weighted by molar-refractivity contribution is 6.04. The molecule has 0 N–H and O–H groups in total. The summed E-state index contributed by atoms with van der Waals surface area (Å²) in [6, 6.07) is 3.90. The zero-order chi connectivity index (χ0) is 10.3. The quantitative estimate of drug-likeness (QED) is 0.679. The minimum atomic E-state index is 0.111. The van der Waals surface area contributed by atoms with E-state index in [1.807, 2.05) is 26.0 Å². The first-order chi connectivity index (χ1) is 6.65. The summed E-state index contributed by atoms with van der Waals surface area (Å²) in [4.78, 5) is 11.8. The van der Waals surface area contributed by atoms with Gasteiger partial charge in [-0.3, -0.25) is 4.79 Å². The highest BCUT2D eigenvalue weighted by atomic mass is 16.5. The van der Waals surface area contributed by atoms with Crippen LogP contribution in [0.25, 0.3) is 0 Å². The van der Waals surface area contributed by atoms with Crippen LogP contribution in [0.4, 0.5) is 0 Å². The number of hydrogen-bond donors (Lipinski definition) is 0. The molecule has 0 saturated heterocycles. The summed E-state index contributed by atoms with van der Waals surface area (Å²) in [5.74, 6) is 1.06. The molecular formula is C12H14O2. The molecule has 0 aliphatic heterocycles. The first-order valence-electron chi connectivity index (χ1n) is 4.86. The normalized spacial score (nSPS) is 19.6. The second-order valence-electron chi connectivity index (χ2n) is 3.91. The van der Waals surface area contributed by atoms with Crippen molar-refractivity contribution in [3.05, 3.63) is 28.8 Å². The first-order valence-corrected chi connectivity index (χ1v) is 4.86. The Labute approximate surface area is 83.9 Å². The zero-order valence-corrected chi connectivity index (χ0v) is 8.76. The van der Waals surface area contributed by atoms with Gasteiger partial charge in [-0.15, -0.1) is 0 Å². The number of aryl methyl sites for hydroxylation is 1. The molecule has 0 heterocycles. The van der Waals surface area contributed by atoms with Gasteiger partial charge in [0.25, 0.3) is 0 Å². The van der Waals surface area contributed by atoms with Crippen LogP contribution in [0.15, 0.2) is 12.1 Å². The molecule has 2 nitrogen and oxygen atoms in total. The SMILES string of the molecule is COc1ccc(C)c2c1C(=O)C(C)C2. The van der Waals surface area contributed by atoms with Gasteiger partial charge < -0.3 is 4.74 Å². The molecule has 1 unspecified atom stereocenters.